The summed E-state index contributed by atoms with van der Waals surface area (Å²) in [5.41, 5.74) is 2.59. The Morgan fingerprint density at radius 1 is 1.05 bits per heavy atom. The molecule has 0 aliphatic heterocycles. The number of benzene rings is 2. The van der Waals surface area contributed by atoms with E-state index in [0.717, 1.165) is 12.2 Å². The van der Waals surface area contributed by atoms with Crippen molar-refractivity contribution in [3.63, 3.8) is 0 Å². The molecule has 1 atom stereocenters. The normalized spacial score (nSPS) is 12.7. The summed E-state index contributed by atoms with van der Waals surface area (Å²) in [7, 11) is 0. The minimum Gasteiger partial charge on any atom is -0.469 e. The highest BCUT2D eigenvalue weighted by atomic mass is 79.9. The van der Waals surface area contributed by atoms with E-state index in [0.29, 0.717) is 0 Å². The average molecular weight is 315 g/mol. The molecule has 0 aliphatic carbocycles. The Bertz CT molecular complexity index is 694. The summed E-state index contributed by atoms with van der Waals surface area (Å²) in [6, 6.07) is 17.0. The molecule has 0 aliphatic rings. The molecule has 0 spiro atoms. The first-order valence-corrected chi connectivity index (χ1v) is 7.32. The summed E-state index contributed by atoms with van der Waals surface area (Å²) >= 11 is 3.78. The second-order valence-corrected chi connectivity index (χ2v) is 5.85. The fourth-order valence-corrected chi connectivity index (χ4v) is 3.32. The molecule has 96 valence electrons. The molecule has 0 amide bonds. The first-order chi connectivity index (χ1) is 9.25. The van der Waals surface area contributed by atoms with Crippen molar-refractivity contribution in [2.45, 2.75) is 18.2 Å². The number of hydrogen-bond acceptors (Lipinski definition) is 1. The van der Waals surface area contributed by atoms with Gasteiger partial charge in [-0.15, -0.1) is 0 Å². The van der Waals surface area contributed by atoms with Crippen LogP contribution in [-0.4, -0.2) is 0 Å². The SMILES string of the molecule is Cc1occc1C(Br)Cc1cccc2ccccc12. The van der Waals surface area contributed by atoms with Crippen molar-refractivity contribution >= 4 is 26.7 Å². The molecule has 0 bridgehead atoms. The van der Waals surface area contributed by atoms with E-state index in [2.05, 4.69) is 58.4 Å². The van der Waals surface area contributed by atoms with E-state index in [1.165, 1.54) is 21.9 Å². The maximum absolute atomic E-state index is 5.38. The van der Waals surface area contributed by atoms with Crippen LogP contribution in [0.25, 0.3) is 10.8 Å². The van der Waals surface area contributed by atoms with Gasteiger partial charge >= 0.3 is 0 Å². The van der Waals surface area contributed by atoms with Crippen LogP contribution in [0.3, 0.4) is 0 Å². The highest BCUT2D eigenvalue weighted by molar-refractivity contribution is 9.09. The molecule has 0 saturated carbocycles. The summed E-state index contributed by atoms with van der Waals surface area (Å²) in [6.45, 7) is 2.01. The first kappa shape index (κ1) is 12.5. The van der Waals surface area contributed by atoms with Crippen LogP contribution in [0.2, 0.25) is 0 Å². The third-order valence-electron chi connectivity index (χ3n) is 3.52. The van der Waals surface area contributed by atoms with Gasteiger partial charge in [-0.05, 0) is 35.7 Å². The molecule has 2 heteroatoms. The van der Waals surface area contributed by atoms with Crippen LogP contribution in [0.15, 0.2) is 59.2 Å². The highest BCUT2D eigenvalue weighted by Crippen LogP contribution is 2.32. The lowest BCUT2D eigenvalue weighted by atomic mass is 9.99. The lowest BCUT2D eigenvalue weighted by Gasteiger charge is -2.11. The third-order valence-corrected chi connectivity index (χ3v) is 4.33. The van der Waals surface area contributed by atoms with Gasteiger partial charge in [0.15, 0.2) is 0 Å². The molecular weight excluding hydrogens is 300 g/mol. The van der Waals surface area contributed by atoms with Gasteiger partial charge in [-0.2, -0.15) is 0 Å². The average Bonchev–Trinajstić information content (AvgIpc) is 2.85. The Hall–Kier alpha value is -1.54. The van der Waals surface area contributed by atoms with E-state index in [-0.39, 0.29) is 4.83 Å². The van der Waals surface area contributed by atoms with Gasteiger partial charge in [-0.1, -0.05) is 58.4 Å². The fourth-order valence-electron chi connectivity index (χ4n) is 2.49. The van der Waals surface area contributed by atoms with E-state index < -0.39 is 0 Å². The van der Waals surface area contributed by atoms with Crippen LogP contribution < -0.4 is 0 Å². The van der Waals surface area contributed by atoms with Gasteiger partial charge in [-0.3, -0.25) is 0 Å². The maximum Gasteiger partial charge on any atom is 0.105 e. The van der Waals surface area contributed by atoms with Crippen LogP contribution in [0.1, 0.15) is 21.7 Å². The molecule has 3 rings (SSSR count). The van der Waals surface area contributed by atoms with Gasteiger partial charge in [0.2, 0.25) is 0 Å². The number of fused-ring (bicyclic) bond motifs is 1. The lowest BCUT2D eigenvalue weighted by Crippen LogP contribution is -1.96. The number of alkyl halides is 1. The molecule has 3 aromatic rings. The summed E-state index contributed by atoms with van der Waals surface area (Å²) in [5, 5.41) is 2.62. The summed E-state index contributed by atoms with van der Waals surface area (Å²) in [6.07, 6.45) is 2.71. The number of rotatable bonds is 3. The predicted molar refractivity (Wildman–Crippen MR) is 82.8 cm³/mol. The van der Waals surface area contributed by atoms with E-state index in [1.54, 1.807) is 6.26 Å². The topological polar surface area (TPSA) is 13.1 Å². The van der Waals surface area contributed by atoms with Gasteiger partial charge in [0.05, 0.1) is 6.26 Å². The minimum absolute atomic E-state index is 0.289. The highest BCUT2D eigenvalue weighted by Gasteiger charge is 2.14. The number of furan rings is 1. The zero-order valence-corrected chi connectivity index (χ0v) is 12.4. The smallest absolute Gasteiger partial charge is 0.105 e. The van der Waals surface area contributed by atoms with Gasteiger partial charge in [-0.25, -0.2) is 0 Å². The molecule has 1 heterocycles. The van der Waals surface area contributed by atoms with E-state index in [9.17, 15) is 0 Å². The Balaban J connectivity index is 1.96. The summed E-state index contributed by atoms with van der Waals surface area (Å²) in [5.74, 6) is 0.988. The Morgan fingerprint density at radius 3 is 2.63 bits per heavy atom. The van der Waals surface area contributed by atoms with Crippen LogP contribution in [0.5, 0.6) is 0 Å². The van der Waals surface area contributed by atoms with Gasteiger partial charge < -0.3 is 4.42 Å². The lowest BCUT2D eigenvalue weighted by molar-refractivity contribution is 0.529. The zero-order chi connectivity index (χ0) is 13.2. The molecule has 0 N–H and O–H groups in total. The molecule has 1 aromatic heterocycles. The van der Waals surface area contributed by atoms with E-state index in [4.69, 9.17) is 4.42 Å². The molecule has 1 nitrogen and oxygen atoms in total. The monoisotopic (exact) mass is 314 g/mol. The summed E-state index contributed by atoms with van der Waals surface area (Å²) < 4.78 is 5.38. The molecule has 1 unspecified atom stereocenters. The van der Waals surface area contributed by atoms with E-state index >= 15 is 0 Å². The summed E-state index contributed by atoms with van der Waals surface area (Å²) in [4.78, 5) is 0.289. The second-order valence-electron chi connectivity index (χ2n) is 4.74. The second kappa shape index (κ2) is 5.22. The molecular formula is C17H15BrO. The number of hydrogen-bond donors (Lipinski definition) is 0. The van der Waals surface area contributed by atoms with Crippen LogP contribution >= 0.6 is 15.9 Å². The van der Waals surface area contributed by atoms with Gasteiger partial charge in [0, 0.05) is 10.4 Å². The molecule has 19 heavy (non-hydrogen) atoms. The first-order valence-electron chi connectivity index (χ1n) is 6.40. The molecule has 0 saturated heterocycles. The fraction of sp³-hybridized carbons (Fsp3) is 0.176. The Morgan fingerprint density at radius 2 is 1.84 bits per heavy atom. The van der Waals surface area contributed by atoms with Crippen LogP contribution in [-0.2, 0) is 6.42 Å². The Labute approximate surface area is 121 Å². The molecule has 2 aromatic carbocycles. The van der Waals surface area contributed by atoms with Crippen molar-refractivity contribution in [1.29, 1.82) is 0 Å². The molecule has 0 fully saturated rings. The number of aryl methyl sites for hydroxylation is 1. The minimum atomic E-state index is 0.289. The third kappa shape index (κ3) is 2.45. The van der Waals surface area contributed by atoms with Crippen molar-refractivity contribution in [3.8, 4) is 0 Å². The van der Waals surface area contributed by atoms with Crippen LogP contribution in [0, 0.1) is 6.92 Å². The zero-order valence-electron chi connectivity index (χ0n) is 10.8. The predicted octanol–water partition coefficient (Wildman–Crippen LogP) is 5.42. The van der Waals surface area contributed by atoms with Gasteiger partial charge in [0.25, 0.3) is 0 Å². The van der Waals surface area contributed by atoms with Gasteiger partial charge in [0.1, 0.15) is 5.76 Å². The largest absolute Gasteiger partial charge is 0.469 e. The molecule has 0 radical (unpaired) electrons. The van der Waals surface area contributed by atoms with Crippen molar-refractivity contribution in [3.05, 3.63) is 71.7 Å². The van der Waals surface area contributed by atoms with Crippen LogP contribution in [0.4, 0.5) is 0 Å². The van der Waals surface area contributed by atoms with Crippen molar-refractivity contribution < 1.29 is 4.42 Å². The standard InChI is InChI=1S/C17H15BrO/c1-12-15(9-10-19-12)17(18)11-14-7-4-6-13-5-2-3-8-16(13)14/h2-10,17H,11H2,1H3. The van der Waals surface area contributed by atoms with Crippen molar-refractivity contribution in [2.75, 3.05) is 0 Å². The quantitative estimate of drug-likeness (QED) is 0.588. The van der Waals surface area contributed by atoms with E-state index in [1.807, 2.05) is 13.0 Å². The number of halogens is 1. The van der Waals surface area contributed by atoms with Crippen molar-refractivity contribution in [1.82, 2.24) is 0 Å². The van der Waals surface area contributed by atoms with Crippen molar-refractivity contribution in [2.24, 2.45) is 0 Å². The maximum atomic E-state index is 5.38. The Kier molecular flexibility index (Phi) is 3.43.